The Hall–Kier alpha value is -3.44. The number of rotatable bonds is 5. The van der Waals surface area contributed by atoms with Crippen molar-refractivity contribution < 1.29 is 22.6 Å². The van der Waals surface area contributed by atoms with Crippen molar-refractivity contribution in [2.45, 2.75) is 24.4 Å². The summed E-state index contributed by atoms with van der Waals surface area (Å²) in [4.78, 5) is 10.2. The third-order valence-electron chi connectivity index (χ3n) is 6.71. The lowest BCUT2D eigenvalue weighted by atomic mass is 9.98. The predicted molar refractivity (Wildman–Crippen MR) is 123 cm³/mol. The normalized spacial score (nSPS) is 20.7. The van der Waals surface area contributed by atoms with Crippen LogP contribution in [0.1, 0.15) is 6.42 Å². The molecule has 0 radical (unpaired) electrons. The SMILES string of the molecule is COc1nc(N[C@@H]2CCN(C3COC3)CC2(F)F)nn2ccc(-c3cc(F)c4ncccc4c3)c12. The standard InChI is InChI=1S/C24H23F3N6O2/c1-34-22-21-17(15-9-14-3-2-6-28-20(14)18(25)10-15)4-8-33(21)31-23(30-22)29-19-5-7-32(13-24(19,26)27)16-11-35-12-16/h2-4,6,8-10,16,19H,5,7,11-13H2,1H3,(H,29,31)/t19-/m1/s1. The smallest absolute Gasteiger partial charge is 0.280 e. The summed E-state index contributed by atoms with van der Waals surface area (Å²) in [5, 5.41) is 7.87. The molecule has 1 N–H and O–H groups in total. The Balaban J connectivity index is 1.32. The van der Waals surface area contributed by atoms with E-state index in [-0.39, 0.29) is 36.4 Å². The van der Waals surface area contributed by atoms with Crippen LogP contribution in [0.25, 0.3) is 27.5 Å². The zero-order valence-electron chi connectivity index (χ0n) is 18.9. The van der Waals surface area contributed by atoms with Crippen molar-refractivity contribution in [1.29, 1.82) is 0 Å². The number of nitrogens with zero attached hydrogens (tertiary/aromatic N) is 5. The first-order chi connectivity index (χ1) is 16.9. The number of ether oxygens (including phenoxy) is 2. The summed E-state index contributed by atoms with van der Waals surface area (Å²) in [5.41, 5.74) is 2.05. The molecule has 5 heterocycles. The fourth-order valence-corrected chi connectivity index (χ4v) is 4.78. The Morgan fingerprint density at radius 1 is 1.23 bits per heavy atom. The van der Waals surface area contributed by atoms with Crippen LogP contribution in [-0.2, 0) is 4.74 Å². The number of halogens is 3. The zero-order valence-corrected chi connectivity index (χ0v) is 18.9. The zero-order chi connectivity index (χ0) is 24.2. The molecule has 11 heteroatoms. The van der Waals surface area contributed by atoms with Gasteiger partial charge in [0.05, 0.1) is 39.0 Å². The molecule has 0 spiro atoms. The van der Waals surface area contributed by atoms with E-state index in [1.807, 2.05) is 6.07 Å². The number of pyridine rings is 1. The molecule has 35 heavy (non-hydrogen) atoms. The van der Waals surface area contributed by atoms with E-state index in [1.54, 1.807) is 35.5 Å². The number of methoxy groups -OCH3 is 1. The average molecular weight is 484 g/mol. The highest BCUT2D eigenvalue weighted by Crippen LogP contribution is 2.35. The Bertz CT molecular complexity index is 1410. The molecule has 0 aliphatic carbocycles. The third-order valence-corrected chi connectivity index (χ3v) is 6.71. The second-order valence-electron chi connectivity index (χ2n) is 8.91. The molecule has 1 atom stereocenters. The van der Waals surface area contributed by atoms with Gasteiger partial charge in [-0.15, -0.1) is 5.10 Å². The number of fused-ring (bicyclic) bond motifs is 2. The van der Waals surface area contributed by atoms with Crippen LogP contribution < -0.4 is 10.1 Å². The van der Waals surface area contributed by atoms with Gasteiger partial charge in [0.25, 0.3) is 5.92 Å². The Kier molecular flexibility index (Phi) is 5.26. The number of piperidine rings is 1. The summed E-state index contributed by atoms with van der Waals surface area (Å²) >= 11 is 0. The fraction of sp³-hybridized carbons (Fsp3) is 0.375. The minimum absolute atomic E-state index is 0.0375. The second kappa shape index (κ2) is 8.35. The van der Waals surface area contributed by atoms with E-state index in [1.165, 1.54) is 17.7 Å². The van der Waals surface area contributed by atoms with E-state index in [2.05, 4.69) is 20.4 Å². The summed E-state index contributed by atoms with van der Waals surface area (Å²) in [7, 11) is 1.45. The fourth-order valence-electron chi connectivity index (χ4n) is 4.78. The van der Waals surface area contributed by atoms with Gasteiger partial charge < -0.3 is 14.8 Å². The van der Waals surface area contributed by atoms with Gasteiger partial charge in [0.15, 0.2) is 0 Å². The van der Waals surface area contributed by atoms with Gasteiger partial charge in [-0.3, -0.25) is 9.88 Å². The lowest BCUT2D eigenvalue weighted by molar-refractivity contribution is -0.131. The van der Waals surface area contributed by atoms with E-state index in [4.69, 9.17) is 9.47 Å². The van der Waals surface area contributed by atoms with Crippen LogP contribution in [0.2, 0.25) is 0 Å². The highest BCUT2D eigenvalue weighted by molar-refractivity contribution is 5.91. The van der Waals surface area contributed by atoms with Crippen LogP contribution in [-0.4, -0.2) is 75.9 Å². The Labute approximate surface area is 198 Å². The minimum Gasteiger partial charge on any atom is -0.479 e. The molecule has 3 aromatic heterocycles. The first-order valence-corrected chi connectivity index (χ1v) is 11.4. The highest BCUT2D eigenvalue weighted by Gasteiger charge is 2.47. The van der Waals surface area contributed by atoms with Crippen LogP contribution in [0.5, 0.6) is 5.88 Å². The maximum atomic E-state index is 14.9. The van der Waals surface area contributed by atoms with Crippen molar-refractivity contribution in [2.24, 2.45) is 0 Å². The summed E-state index contributed by atoms with van der Waals surface area (Å²) in [6, 6.07) is 7.47. The molecular formula is C24H23F3N6O2. The van der Waals surface area contributed by atoms with Gasteiger partial charge in [0, 0.05) is 29.9 Å². The monoisotopic (exact) mass is 484 g/mol. The second-order valence-corrected chi connectivity index (χ2v) is 8.91. The van der Waals surface area contributed by atoms with Gasteiger partial charge in [-0.25, -0.2) is 17.7 Å². The summed E-state index contributed by atoms with van der Waals surface area (Å²) in [6.45, 7) is 1.20. The molecule has 8 nitrogen and oxygen atoms in total. The Morgan fingerprint density at radius 2 is 2.09 bits per heavy atom. The molecule has 2 aliphatic heterocycles. The maximum Gasteiger partial charge on any atom is 0.280 e. The molecular weight excluding hydrogens is 461 g/mol. The van der Waals surface area contributed by atoms with Gasteiger partial charge >= 0.3 is 0 Å². The van der Waals surface area contributed by atoms with Gasteiger partial charge in [-0.05, 0) is 36.2 Å². The Morgan fingerprint density at radius 3 is 2.83 bits per heavy atom. The van der Waals surface area contributed by atoms with E-state index in [0.717, 1.165) is 0 Å². The van der Waals surface area contributed by atoms with Crippen LogP contribution in [0.3, 0.4) is 0 Å². The van der Waals surface area contributed by atoms with E-state index < -0.39 is 17.8 Å². The van der Waals surface area contributed by atoms with Crippen LogP contribution >= 0.6 is 0 Å². The molecule has 0 bridgehead atoms. The molecule has 4 aromatic rings. The number of hydrogen-bond acceptors (Lipinski definition) is 7. The number of likely N-dealkylation sites (tertiary alicyclic amines) is 1. The van der Waals surface area contributed by atoms with Gasteiger partial charge in [0.1, 0.15) is 16.9 Å². The summed E-state index contributed by atoms with van der Waals surface area (Å²) in [6.07, 6.45) is 3.46. The molecule has 1 aromatic carbocycles. The van der Waals surface area contributed by atoms with Gasteiger partial charge in [-0.1, -0.05) is 6.07 Å². The first-order valence-electron chi connectivity index (χ1n) is 11.4. The van der Waals surface area contributed by atoms with Gasteiger partial charge in [0.2, 0.25) is 11.8 Å². The maximum absolute atomic E-state index is 14.9. The molecule has 0 amide bonds. The summed E-state index contributed by atoms with van der Waals surface area (Å²) < 4.78 is 56.7. The molecule has 0 unspecified atom stereocenters. The van der Waals surface area contributed by atoms with Crippen LogP contribution in [0.4, 0.5) is 19.1 Å². The van der Waals surface area contributed by atoms with Crippen LogP contribution in [0.15, 0.2) is 42.7 Å². The first kappa shape index (κ1) is 22.1. The lowest BCUT2D eigenvalue weighted by Gasteiger charge is -2.44. The number of alkyl halides is 2. The van der Waals surface area contributed by atoms with E-state index in [0.29, 0.717) is 41.8 Å². The number of nitrogens with one attached hydrogen (secondary N) is 1. The van der Waals surface area contributed by atoms with Gasteiger partial charge in [-0.2, -0.15) is 4.98 Å². The predicted octanol–water partition coefficient (Wildman–Crippen LogP) is 3.61. The topological polar surface area (TPSA) is 76.8 Å². The number of hydrogen-bond donors (Lipinski definition) is 1. The van der Waals surface area contributed by atoms with Crippen molar-refractivity contribution in [3.05, 3.63) is 48.5 Å². The van der Waals surface area contributed by atoms with Crippen molar-refractivity contribution in [1.82, 2.24) is 24.5 Å². The molecule has 2 aliphatic rings. The molecule has 0 saturated carbocycles. The lowest BCUT2D eigenvalue weighted by Crippen LogP contribution is -2.61. The van der Waals surface area contributed by atoms with E-state index in [9.17, 15) is 13.2 Å². The van der Waals surface area contributed by atoms with Crippen LogP contribution in [0, 0.1) is 5.82 Å². The third kappa shape index (κ3) is 3.84. The number of benzene rings is 1. The molecule has 182 valence electrons. The molecule has 2 fully saturated rings. The van der Waals surface area contributed by atoms with Crippen molar-refractivity contribution >= 4 is 22.4 Å². The minimum atomic E-state index is -2.96. The molecule has 2 saturated heterocycles. The molecule has 6 rings (SSSR count). The van der Waals surface area contributed by atoms with Crippen molar-refractivity contribution in [2.75, 3.05) is 38.7 Å². The largest absolute Gasteiger partial charge is 0.479 e. The van der Waals surface area contributed by atoms with Crippen molar-refractivity contribution in [3.8, 4) is 17.0 Å². The van der Waals surface area contributed by atoms with Crippen molar-refractivity contribution in [3.63, 3.8) is 0 Å². The average Bonchev–Trinajstić information content (AvgIpc) is 3.23. The quantitative estimate of drug-likeness (QED) is 0.464. The summed E-state index contributed by atoms with van der Waals surface area (Å²) in [5.74, 6) is -3.17. The number of aromatic nitrogens is 4. The van der Waals surface area contributed by atoms with E-state index >= 15 is 0 Å². The highest BCUT2D eigenvalue weighted by atomic mass is 19.3. The number of anilines is 1.